The summed E-state index contributed by atoms with van der Waals surface area (Å²) in [5.74, 6) is 1.44. The second kappa shape index (κ2) is 7.12. The van der Waals surface area contributed by atoms with Gasteiger partial charge in [-0.2, -0.15) is 0 Å². The standard InChI is InChI=1S/C18H19N3O4/c1-12-10-21-6-4-5-16(18(21)19-12)25-11-17(22)20-13-7-14(23-2)9-15(8-13)24-3/h4-10H,11H2,1-3H3,(H,20,22). The van der Waals surface area contributed by atoms with E-state index in [-0.39, 0.29) is 12.5 Å². The van der Waals surface area contributed by atoms with E-state index in [9.17, 15) is 4.79 Å². The lowest BCUT2D eigenvalue weighted by molar-refractivity contribution is -0.118. The van der Waals surface area contributed by atoms with Crippen LogP contribution in [0.4, 0.5) is 5.69 Å². The number of rotatable bonds is 6. The van der Waals surface area contributed by atoms with E-state index in [4.69, 9.17) is 14.2 Å². The van der Waals surface area contributed by atoms with Gasteiger partial charge in [-0.3, -0.25) is 4.79 Å². The molecule has 0 unspecified atom stereocenters. The lowest BCUT2D eigenvalue weighted by atomic mass is 10.2. The highest BCUT2D eigenvalue weighted by Crippen LogP contribution is 2.26. The number of amides is 1. The zero-order valence-electron chi connectivity index (χ0n) is 14.3. The third kappa shape index (κ3) is 3.82. The molecule has 0 bridgehead atoms. The molecule has 0 spiro atoms. The van der Waals surface area contributed by atoms with Crippen LogP contribution in [-0.2, 0) is 4.79 Å². The lowest BCUT2D eigenvalue weighted by Crippen LogP contribution is -2.20. The van der Waals surface area contributed by atoms with E-state index in [2.05, 4.69) is 10.3 Å². The molecule has 2 heterocycles. The van der Waals surface area contributed by atoms with Crippen LogP contribution >= 0.6 is 0 Å². The second-order valence-corrected chi connectivity index (χ2v) is 5.42. The molecule has 0 saturated heterocycles. The van der Waals surface area contributed by atoms with Crippen LogP contribution in [0.2, 0.25) is 0 Å². The molecule has 0 radical (unpaired) electrons. The minimum absolute atomic E-state index is 0.134. The molecule has 1 N–H and O–H groups in total. The number of aryl methyl sites for hydroxylation is 1. The number of imidazole rings is 1. The van der Waals surface area contributed by atoms with Gasteiger partial charge >= 0.3 is 0 Å². The number of carbonyl (C=O) groups is 1. The predicted molar refractivity (Wildman–Crippen MR) is 93.6 cm³/mol. The van der Waals surface area contributed by atoms with Gasteiger partial charge in [-0.25, -0.2) is 4.98 Å². The number of hydrogen-bond acceptors (Lipinski definition) is 5. The summed E-state index contributed by atoms with van der Waals surface area (Å²) < 4.78 is 17.8. The highest BCUT2D eigenvalue weighted by atomic mass is 16.5. The number of anilines is 1. The summed E-state index contributed by atoms with van der Waals surface area (Å²) >= 11 is 0. The molecule has 3 rings (SSSR count). The highest BCUT2D eigenvalue weighted by molar-refractivity contribution is 5.92. The van der Waals surface area contributed by atoms with Crippen molar-refractivity contribution in [3.8, 4) is 17.2 Å². The summed E-state index contributed by atoms with van der Waals surface area (Å²) in [4.78, 5) is 16.6. The van der Waals surface area contributed by atoms with Crippen molar-refractivity contribution in [1.29, 1.82) is 0 Å². The van der Waals surface area contributed by atoms with Crippen molar-refractivity contribution in [1.82, 2.24) is 9.38 Å². The molecular formula is C18H19N3O4. The molecule has 2 aromatic heterocycles. The normalized spacial score (nSPS) is 10.5. The Morgan fingerprint density at radius 2 is 1.92 bits per heavy atom. The maximum absolute atomic E-state index is 12.2. The molecular weight excluding hydrogens is 322 g/mol. The number of nitrogens with one attached hydrogen (secondary N) is 1. The molecule has 0 saturated carbocycles. The van der Waals surface area contributed by atoms with Gasteiger partial charge in [-0.15, -0.1) is 0 Å². The molecule has 25 heavy (non-hydrogen) atoms. The van der Waals surface area contributed by atoms with Gasteiger partial charge in [-0.05, 0) is 19.1 Å². The SMILES string of the molecule is COc1cc(NC(=O)COc2cccn3cc(C)nc23)cc(OC)c1. The molecule has 0 atom stereocenters. The fraction of sp³-hybridized carbons (Fsp3) is 0.222. The number of benzene rings is 1. The fourth-order valence-electron chi connectivity index (χ4n) is 2.44. The summed E-state index contributed by atoms with van der Waals surface area (Å²) in [5, 5.41) is 2.76. The van der Waals surface area contributed by atoms with Crippen molar-refractivity contribution in [2.75, 3.05) is 26.1 Å². The molecule has 0 fully saturated rings. The first kappa shape index (κ1) is 16.6. The fourth-order valence-corrected chi connectivity index (χ4v) is 2.44. The predicted octanol–water partition coefficient (Wildman–Crippen LogP) is 2.68. The molecule has 130 valence electrons. The molecule has 0 aliphatic rings. The summed E-state index contributed by atoms with van der Waals surface area (Å²) in [6.45, 7) is 1.77. The van der Waals surface area contributed by atoms with Crippen LogP contribution in [0.15, 0.2) is 42.7 Å². The van der Waals surface area contributed by atoms with E-state index >= 15 is 0 Å². The summed E-state index contributed by atoms with van der Waals surface area (Å²) in [7, 11) is 3.10. The zero-order chi connectivity index (χ0) is 17.8. The number of methoxy groups -OCH3 is 2. The van der Waals surface area contributed by atoms with Crippen molar-refractivity contribution in [3.63, 3.8) is 0 Å². The Bertz CT molecular complexity index is 882. The Hall–Kier alpha value is -3.22. The van der Waals surface area contributed by atoms with Crippen LogP contribution in [0.3, 0.4) is 0 Å². The Morgan fingerprint density at radius 3 is 2.60 bits per heavy atom. The minimum atomic E-state index is -0.291. The van der Waals surface area contributed by atoms with E-state index in [0.717, 1.165) is 5.69 Å². The summed E-state index contributed by atoms with van der Waals surface area (Å²) in [5.41, 5.74) is 2.12. The third-order valence-electron chi connectivity index (χ3n) is 3.56. The smallest absolute Gasteiger partial charge is 0.262 e. The van der Waals surface area contributed by atoms with Crippen molar-refractivity contribution >= 4 is 17.2 Å². The van der Waals surface area contributed by atoms with Gasteiger partial charge in [0.2, 0.25) is 0 Å². The molecule has 7 heteroatoms. The molecule has 0 aliphatic heterocycles. The third-order valence-corrected chi connectivity index (χ3v) is 3.56. The van der Waals surface area contributed by atoms with Gasteiger partial charge in [0, 0.05) is 36.3 Å². The first-order valence-corrected chi connectivity index (χ1v) is 7.69. The van der Waals surface area contributed by atoms with Crippen molar-refractivity contribution in [3.05, 3.63) is 48.4 Å². The topological polar surface area (TPSA) is 74.1 Å². The van der Waals surface area contributed by atoms with Crippen molar-refractivity contribution in [2.24, 2.45) is 0 Å². The van der Waals surface area contributed by atoms with Crippen molar-refractivity contribution < 1.29 is 19.0 Å². The monoisotopic (exact) mass is 341 g/mol. The maximum Gasteiger partial charge on any atom is 0.262 e. The summed E-state index contributed by atoms with van der Waals surface area (Å²) in [6, 6.07) is 8.77. The van der Waals surface area contributed by atoms with Crippen LogP contribution in [-0.4, -0.2) is 36.1 Å². The van der Waals surface area contributed by atoms with Crippen LogP contribution in [0, 0.1) is 6.92 Å². The quantitative estimate of drug-likeness (QED) is 0.746. The number of nitrogens with zero attached hydrogens (tertiary/aromatic N) is 2. The van der Waals surface area contributed by atoms with Gasteiger partial charge in [0.1, 0.15) is 11.5 Å². The molecule has 0 aliphatic carbocycles. The van der Waals surface area contributed by atoms with Gasteiger partial charge in [-0.1, -0.05) is 0 Å². The minimum Gasteiger partial charge on any atom is -0.497 e. The van der Waals surface area contributed by atoms with Crippen molar-refractivity contribution in [2.45, 2.75) is 6.92 Å². The maximum atomic E-state index is 12.2. The number of fused-ring (bicyclic) bond motifs is 1. The van der Waals surface area contributed by atoms with Gasteiger partial charge in [0.05, 0.1) is 19.9 Å². The first-order valence-electron chi connectivity index (χ1n) is 7.69. The average molecular weight is 341 g/mol. The number of aromatic nitrogens is 2. The Balaban J connectivity index is 1.68. The van der Waals surface area contributed by atoms with Crippen LogP contribution in [0.1, 0.15) is 5.69 Å². The van der Waals surface area contributed by atoms with Gasteiger partial charge in [0.15, 0.2) is 18.0 Å². The first-order chi connectivity index (χ1) is 12.1. The highest BCUT2D eigenvalue weighted by Gasteiger charge is 2.10. The van der Waals surface area contributed by atoms with E-state index < -0.39 is 0 Å². The summed E-state index contributed by atoms with van der Waals surface area (Å²) in [6.07, 6.45) is 3.77. The molecule has 7 nitrogen and oxygen atoms in total. The van der Waals surface area contributed by atoms with E-state index in [1.807, 2.05) is 29.8 Å². The molecule has 1 aromatic carbocycles. The largest absolute Gasteiger partial charge is 0.497 e. The average Bonchev–Trinajstić information content (AvgIpc) is 3.00. The van der Waals surface area contributed by atoms with Crippen LogP contribution in [0.5, 0.6) is 17.2 Å². The number of ether oxygens (including phenoxy) is 3. The number of carbonyl (C=O) groups excluding carboxylic acids is 1. The number of hydrogen-bond donors (Lipinski definition) is 1. The number of pyridine rings is 1. The Kier molecular flexibility index (Phi) is 4.74. The lowest BCUT2D eigenvalue weighted by Gasteiger charge is -2.11. The molecule has 1 amide bonds. The van der Waals surface area contributed by atoms with Gasteiger partial charge in [0.25, 0.3) is 5.91 Å². The Morgan fingerprint density at radius 1 is 1.20 bits per heavy atom. The second-order valence-electron chi connectivity index (χ2n) is 5.42. The van der Waals surface area contributed by atoms with Crippen LogP contribution in [0.25, 0.3) is 5.65 Å². The molecule has 3 aromatic rings. The van der Waals surface area contributed by atoms with E-state index in [0.29, 0.717) is 28.6 Å². The van der Waals surface area contributed by atoms with E-state index in [1.165, 1.54) is 0 Å². The zero-order valence-corrected chi connectivity index (χ0v) is 14.3. The Labute approximate surface area is 145 Å². The van der Waals surface area contributed by atoms with Crippen LogP contribution < -0.4 is 19.5 Å². The van der Waals surface area contributed by atoms with E-state index in [1.54, 1.807) is 38.5 Å². The van der Waals surface area contributed by atoms with Gasteiger partial charge < -0.3 is 23.9 Å².